The minimum atomic E-state index is -0.595. The van der Waals surface area contributed by atoms with E-state index < -0.39 is 12.6 Å². The molecule has 0 spiro atoms. The van der Waals surface area contributed by atoms with Crippen molar-refractivity contribution in [2.75, 3.05) is 14.2 Å². The number of ether oxygens (including phenoxy) is 2. The smallest absolute Gasteiger partial charge is 0.341 e. The van der Waals surface area contributed by atoms with Gasteiger partial charge in [-0.05, 0) is 0 Å². The van der Waals surface area contributed by atoms with E-state index in [0.29, 0.717) is 12.8 Å². The lowest BCUT2D eigenvalue weighted by Crippen LogP contribution is -2.26. The van der Waals surface area contributed by atoms with Crippen LogP contribution in [0, 0.1) is 4.91 Å². The normalized spacial score (nSPS) is 14.6. The Kier molecular flexibility index (Phi) is 7.04. The summed E-state index contributed by atoms with van der Waals surface area (Å²) in [6, 6.07) is 0. The number of nitrogens with zero attached hydrogens (tertiary/aromatic N) is 1. The van der Waals surface area contributed by atoms with Crippen molar-refractivity contribution >= 4 is 0 Å². The molecule has 0 aliphatic heterocycles. The molecule has 84 valence electrons. The topological polar surface area (TPSA) is 57.0 Å². The molecule has 6 nitrogen and oxygen atoms in total. The van der Waals surface area contributed by atoms with Gasteiger partial charge in [-0.2, -0.15) is 9.68 Å². The standard InChI is InChI=1S/C8H18NO5/c1-5-7(11-3)13-9(10)14-8(6-2)12-4/h7-8H,5-6H2,1-4H3/q+1. The monoisotopic (exact) mass is 208 g/mol. The number of hydrogen-bond donors (Lipinski definition) is 0. The number of methoxy groups -OCH3 is 2. The molecule has 2 atom stereocenters. The quantitative estimate of drug-likeness (QED) is 0.445. The fourth-order valence-corrected chi connectivity index (χ4v) is 0.785. The Labute approximate surface area is 83.6 Å². The van der Waals surface area contributed by atoms with Gasteiger partial charge in [-0.25, -0.2) is 0 Å². The Morgan fingerprint density at radius 3 is 1.57 bits per heavy atom. The van der Waals surface area contributed by atoms with Crippen LogP contribution in [0.15, 0.2) is 0 Å². The molecule has 0 heterocycles. The largest absolute Gasteiger partial charge is 0.482 e. The van der Waals surface area contributed by atoms with Gasteiger partial charge >= 0.3 is 5.09 Å². The number of hydrogen-bond acceptors (Lipinski definition) is 5. The molecule has 0 aromatic rings. The molecule has 0 radical (unpaired) electrons. The van der Waals surface area contributed by atoms with Crippen molar-refractivity contribution in [3.05, 3.63) is 4.91 Å². The molecule has 6 heteroatoms. The molecule has 0 saturated carbocycles. The molecule has 0 fully saturated rings. The van der Waals surface area contributed by atoms with Crippen LogP contribution in [0.4, 0.5) is 0 Å². The third kappa shape index (κ3) is 4.98. The molecule has 2 unspecified atom stereocenters. The van der Waals surface area contributed by atoms with Crippen LogP contribution in [-0.4, -0.2) is 31.9 Å². The van der Waals surface area contributed by atoms with Crippen LogP contribution in [0.5, 0.6) is 0 Å². The molecule has 14 heavy (non-hydrogen) atoms. The predicted octanol–water partition coefficient (Wildman–Crippen LogP) is 1.39. The second kappa shape index (κ2) is 7.52. The average molecular weight is 208 g/mol. The van der Waals surface area contributed by atoms with Crippen LogP contribution in [0.25, 0.3) is 0 Å². The highest BCUT2D eigenvalue weighted by atomic mass is 17.1. The first kappa shape index (κ1) is 13.1. The first-order valence-corrected chi connectivity index (χ1v) is 4.54. The van der Waals surface area contributed by atoms with E-state index in [-0.39, 0.29) is 5.09 Å². The van der Waals surface area contributed by atoms with E-state index >= 15 is 0 Å². The number of rotatable bonds is 8. The van der Waals surface area contributed by atoms with Crippen molar-refractivity contribution in [2.45, 2.75) is 39.3 Å². The van der Waals surface area contributed by atoms with Gasteiger partial charge in [0.1, 0.15) is 4.91 Å². The van der Waals surface area contributed by atoms with Crippen LogP contribution in [0.2, 0.25) is 0 Å². The van der Waals surface area contributed by atoms with Gasteiger partial charge < -0.3 is 9.47 Å². The van der Waals surface area contributed by atoms with E-state index in [4.69, 9.17) is 19.1 Å². The van der Waals surface area contributed by atoms with E-state index in [0.717, 1.165) is 0 Å². The summed E-state index contributed by atoms with van der Waals surface area (Å²) in [5.41, 5.74) is 0. The predicted molar refractivity (Wildman–Crippen MR) is 48.0 cm³/mol. The van der Waals surface area contributed by atoms with Crippen LogP contribution in [-0.2, 0) is 19.1 Å². The molecule has 0 rings (SSSR count). The summed E-state index contributed by atoms with van der Waals surface area (Å²) in [4.78, 5) is 20.5. The summed E-state index contributed by atoms with van der Waals surface area (Å²) in [5.74, 6) is 0. The Bertz CT molecular complexity index is 140. The van der Waals surface area contributed by atoms with Crippen LogP contribution < -0.4 is 0 Å². The van der Waals surface area contributed by atoms with Crippen molar-refractivity contribution < 1.29 is 24.2 Å². The van der Waals surface area contributed by atoms with Crippen LogP contribution >= 0.6 is 0 Å². The fraction of sp³-hybridized carbons (Fsp3) is 1.00. The van der Waals surface area contributed by atoms with Gasteiger partial charge in [-0.15, -0.1) is 0 Å². The van der Waals surface area contributed by atoms with E-state index in [9.17, 15) is 4.91 Å². The lowest BCUT2D eigenvalue weighted by molar-refractivity contribution is -1.00. The third-order valence-corrected chi connectivity index (χ3v) is 1.60. The van der Waals surface area contributed by atoms with E-state index in [2.05, 4.69) is 0 Å². The molecule has 0 amide bonds. The fourth-order valence-electron chi connectivity index (χ4n) is 0.785. The van der Waals surface area contributed by atoms with E-state index in [1.54, 1.807) is 0 Å². The van der Waals surface area contributed by atoms with Crippen LogP contribution in [0.3, 0.4) is 0 Å². The van der Waals surface area contributed by atoms with Crippen molar-refractivity contribution in [3.63, 3.8) is 0 Å². The van der Waals surface area contributed by atoms with E-state index in [1.165, 1.54) is 14.2 Å². The van der Waals surface area contributed by atoms with Crippen molar-refractivity contribution in [1.29, 1.82) is 0 Å². The molecule has 0 saturated heterocycles. The summed E-state index contributed by atoms with van der Waals surface area (Å²) < 4.78 is 9.67. The zero-order chi connectivity index (χ0) is 11.0. The first-order chi connectivity index (χ1) is 6.67. The molecule has 0 aliphatic rings. The molecule has 0 bridgehead atoms. The highest BCUT2D eigenvalue weighted by Gasteiger charge is 2.25. The van der Waals surface area contributed by atoms with Gasteiger partial charge in [0.15, 0.2) is 0 Å². The lowest BCUT2D eigenvalue weighted by atomic mass is 10.5. The van der Waals surface area contributed by atoms with Gasteiger partial charge in [0.2, 0.25) is 0 Å². The maximum absolute atomic E-state index is 11.0. The van der Waals surface area contributed by atoms with Crippen molar-refractivity contribution in [1.82, 2.24) is 0 Å². The van der Waals surface area contributed by atoms with Gasteiger partial charge in [-0.3, -0.25) is 0 Å². The minimum absolute atomic E-state index is 0.0231. The summed E-state index contributed by atoms with van der Waals surface area (Å²) in [5, 5.41) is 0.0231. The Balaban J connectivity index is 3.83. The maximum atomic E-state index is 11.0. The Morgan fingerprint density at radius 1 is 1.00 bits per heavy atom. The lowest BCUT2D eigenvalue weighted by Gasteiger charge is -2.08. The van der Waals surface area contributed by atoms with E-state index in [1.807, 2.05) is 13.8 Å². The Hall–Kier alpha value is -0.880. The first-order valence-electron chi connectivity index (χ1n) is 4.54. The van der Waals surface area contributed by atoms with Crippen molar-refractivity contribution in [2.24, 2.45) is 0 Å². The average Bonchev–Trinajstić information content (AvgIpc) is 2.22. The van der Waals surface area contributed by atoms with Gasteiger partial charge in [-0.1, -0.05) is 13.8 Å². The zero-order valence-corrected chi connectivity index (χ0v) is 9.06. The Morgan fingerprint density at radius 2 is 1.36 bits per heavy atom. The van der Waals surface area contributed by atoms with Crippen LogP contribution in [0.1, 0.15) is 26.7 Å². The maximum Gasteiger partial charge on any atom is 0.482 e. The molecule has 0 aromatic carbocycles. The zero-order valence-electron chi connectivity index (χ0n) is 9.06. The molecular formula is C8H18NO5+. The molecule has 0 aromatic heterocycles. The van der Waals surface area contributed by atoms with Gasteiger partial charge in [0.05, 0.1) is 0 Å². The second-order valence-corrected chi connectivity index (χ2v) is 2.58. The SMILES string of the molecule is CCC(OC)O[N+](=O)OC(CC)OC. The highest BCUT2D eigenvalue weighted by Crippen LogP contribution is 2.03. The second-order valence-electron chi connectivity index (χ2n) is 2.58. The summed E-state index contributed by atoms with van der Waals surface area (Å²) in [7, 11) is 2.91. The van der Waals surface area contributed by atoms with Crippen molar-refractivity contribution in [3.8, 4) is 0 Å². The minimum Gasteiger partial charge on any atom is -0.341 e. The van der Waals surface area contributed by atoms with Gasteiger partial charge in [0, 0.05) is 27.1 Å². The molecular weight excluding hydrogens is 190 g/mol. The third-order valence-electron chi connectivity index (χ3n) is 1.60. The highest BCUT2D eigenvalue weighted by molar-refractivity contribution is 4.31. The summed E-state index contributed by atoms with van der Waals surface area (Å²) >= 11 is 0. The molecule has 0 N–H and O–H groups in total. The van der Waals surface area contributed by atoms with Gasteiger partial charge in [0.25, 0.3) is 12.6 Å². The molecule has 0 aliphatic carbocycles. The summed E-state index contributed by atoms with van der Waals surface area (Å²) in [6.07, 6.45) is -0.0752. The summed E-state index contributed by atoms with van der Waals surface area (Å²) in [6.45, 7) is 3.66.